The van der Waals surface area contributed by atoms with Crippen molar-refractivity contribution in [2.75, 3.05) is 20.1 Å². The van der Waals surface area contributed by atoms with E-state index in [4.69, 9.17) is 0 Å². The summed E-state index contributed by atoms with van der Waals surface area (Å²) in [7, 11) is 2.16. The number of hydrogen-bond acceptors (Lipinski definition) is 4. The minimum Gasteiger partial charge on any atom is -0.297 e. The fraction of sp³-hybridized carbons (Fsp3) is 0.444. The van der Waals surface area contributed by atoms with Crippen LogP contribution in [0.5, 0.6) is 0 Å². The van der Waals surface area contributed by atoms with Gasteiger partial charge in [0.1, 0.15) is 0 Å². The lowest BCUT2D eigenvalue weighted by atomic mass is 10.2. The zero-order valence-corrected chi connectivity index (χ0v) is 13.8. The van der Waals surface area contributed by atoms with Crippen LogP contribution in [0.3, 0.4) is 0 Å². The first-order chi connectivity index (χ1) is 10.7. The molecule has 0 radical (unpaired) electrons. The average molecular weight is 298 g/mol. The standard InChI is InChI=1S/C18H26N4/c1-4-22(15-18-10-6-8-12-20-18)13-16(2)21(3)14-17-9-5-7-11-19-17/h5-12,16H,4,13-15H2,1-3H3. The fourth-order valence-electron chi connectivity index (χ4n) is 2.44. The highest BCUT2D eigenvalue weighted by atomic mass is 15.2. The minimum atomic E-state index is 0.464. The first-order valence-corrected chi connectivity index (χ1v) is 7.91. The third-order valence-electron chi connectivity index (χ3n) is 3.97. The van der Waals surface area contributed by atoms with Gasteiger partial charge in [-0.15, -0.1) is 0 Å². The van der Waals surface area contributed by atoms with Gasteiger partial charge in [0.25, 0.3) is 0 Å². The Bertz CT molecular complexity index is 529. The molecule has 118 valence electrons. The third-order valence-corrected chi connectivity index (χ3v) is 3.97. The molecule has 0 N–H and O–H groups in total. The van der Waals surface area contributed by atoms with E-state index in [-0.39, 0.29) is 0 Å². The van der Waals surface area contributed by atoms with E-state index in [9.17, 15) is 0 Å². The molecular weight excluding hydrogens is 272 g/mol. The molecule has 1 unspecified atom stereocenters. The lowest BCUT2D eigenvalue weighted by molar-refractivity contribution is 0.165. The molecule has 0 aliphatic heterocycles. The Morgan fingerprint density at radius 1 is 0.955 bits per heavy atom. The number of likely N-dealkylation sites (N-methyl/N-ethyl adjacent to an activating group) is 2. The Balaban J connectivity index is 1.87. The van der Waals surface area contributed by atoms with Crippen molar-refractivity contribution < 1.29 is 0 Å². The summed E-state index contributed by atoms with van der Waals surface area (Å²) in [5, 5.41) is 0. The highest BCUT2D eigenvalue weighted by molar-refractivity contribution is 5.04. The van der Waals surface area contributed by atoms with Crippen molar-refractivity contribution >= 4 is 0 Å². The van der Waals surface area contributed by atoms with Gasteiger partial charge < -0.3 is 0 Å². The van der Waals surface area contributed by atoms with Gasteiger partial charge in [-0.1, -0.05) is 19.1 Å². The van der Waals surface area contributed by atoms with E-state index in [1.54, 1.807) is 0 Å². The molecule has 22 heavy (non-hydrogen) atoms. The van der Waals surface area contributed by atoms with E-state index < -0.39 is 0 Å². The molecule has 2 heterocycles. The van der Waals surface area contributed by atoms with Crippen molar-refractivity contribution in [2.45, 2.75) is 33.0 Å². The fourth-order valence-corrected chi connectivity index (χ4v) is 2.44. The Morgan fingerprint density at radius 2 is 1.55 bits per heavy atom. The summed E-state index contributed by atoms with van der Waals surface area (Å²) in [5.74, 6) is 0. The van der Waals surface area contributed by atoms with Gasteiger partial charge >= 0.3 is 0 Å². The first-order valence-electron chi connectivity index (χ1n) is 7.91. The molecule has 0 aromatic carbocycles. The second-order valence-electron chi connectivity index (χ2n) is 5.73. The van der Waals surface area contributed by atoms with Crippen molar-refractivity contribution in [3.05, 3.63) is 60.2 Å². The van der Waals surface area contributed by atoms with Crippen LogP contribution >= 0.6 is 0 Å². The van der Waals surface area contributed by atoms with Crippen LogP contribution in [-0.4, -0.2) is 45.9 Å². The smallest absolute Gasteiger partial charge is 0.0543 e. The monoisotopic (exact) mass is 298 g/mol. The lowest BCUT2D eigenvalue weighted by Gasteiger charge is -2.30. The van der Waals surface area contributed by atoms with Crippen LogP contribution in [0.4, 0.5) is 0 Å². The first kappa shape index (κ1) is 16.6. The molecule has 0 fully saturated rings. The molecule has 4 heteroatoms. The molecule has 0 saturated carbocycles. The van der Waals surface area contributed by atoms with Gasteiger partial charge in [0.05, 0.1) is 11.4 Å². The van der Waals surface area contributed by atoms with Crippen LogP contribution in [0.15, 0.2) is 48.8 Å². The number of hydrogen-bond donors (Lipinski definition) is 0. The highest BCUT2D eigenvalue weighted by Gasteiger charge is 2.14. The topological polar surface area (TPSA) is 32.3 Å². The van der Waals surface area contributed by atoms with Crippen LogP contribution in [0.25, 0.3) is 0 Å². The van der Waals surface area contributed by atoms with Crippen molar-refractivity contribution in [1.29, 1.82) is 0 Å². The van der Waals surface area contributed by atoms with E-state index in [1.807, 2.05) is 36.7 Å². The number of aromatic nitrogens is 2. The summed E-state index contributed by atoms with van der Waals surface area (Å²) in [6.45, 7) is 8.30. The Hall–Kier alpha value is -1.78. The summed E-state index contributed by atoms with van der Waals surface area (Å²) < 4.78 is 0. The summed E-state index contributed by atoms with van der Waals surface area (Å²) >= 11 is 0. The number of rotatable bonds is 8. The summed E-state index contributed by atoms with van der Waals surface area (Å²) in [5.41, 5.74) is 2.24. The molecule has 4 nitrogen and oxygen atoms in total. The van der Waals surface area contributed by atoms with Crippen LogP contribution < -0.4 is 0 Å². The van der Waals surface area contributed by atoms with E-state index in [2.05, 4.69) is 52.8 Å². The molecule has 1 atom stereocenters. The van der Waals surface area contributed by atoms with Crippen molar-refractivity contribution in [2.24, 2.45) is 0 Å². The number of pyridine rings is 2. The molecule has 0 amide bonds. The molecule has 0 aliphatic rings. The molecule has 0 saturated heterocycles. The molecule has 0 aliphatic carbocycles. The van der Waals surface area contributed by atoms with E-state index in [0.717, 1.165) is 37.6 Å². The van der Waals surface area contributed by atoms with Gasteiger partial charge in [-0.05, 0) is 44.8 Å². The van der Waals surface area contributed by atoms with Gasteiger partial charge in [-0.2, -0.15) is 0 Å². The Labute approximate surface area is 133 Å². The maximum atomic E-state index is 4.42. The minimum absolute atomic E-state index is 0.464. The SMILES string of the molecule is CCN(Cc1ccccn1)CC(C)N(C)Cc1ccccn1. The van der Waals surface area contributed by atoms with Crippen LogP contribution in [0.2, 0.25) is 0 Å². The normalized spacial score (nSPS) is 12.8. The Kier molecular flexibility index (Phi) is 6.49. The predicted molar refractivity (Wildman–Crippen MR) is 90.4 cm³/mol. The van der Waals surface area contributed by atoms with Gasteiger partial charge in [0.15, 0.2) is 0 Å². The maximum Gasteiger partial charge on any atom is 0.0543 e. The number of nitrogens with zero attached hydrogens (tertiary/aromatic N) is 4. The quantitative estimate of drug-likeness (QED) is 0.750. The summed E-state index contributed by atoms with van der Waals surface area (Å²) in [6.07, 6.45) is 3.72. The van der Waals surface area contributed by atoms with Gasteiger partial charge in [0.2, 0.25) is 0 Å². The second-order valence-corrected chi connectivity index (χ2v) is 5.73. The zero-order valence-electron chi connectivity index (χ0n) is 13.8. The van der Waals surface area contributed by atoms with Crippen molar-refractivity contribution in [1.82, 2.24) is 19.8 Å². The predicted octanol–water partition coefficient (Wildman–Crippen LogP) is 2.82. The van der Waals surface area contributed by atoms with E-state index >= 15 is 0 Å². The van der Waals surface area contributed by atoms with Crippen LogP contribution in [0.1, 0.15) is 25.2 Å². The Morgan fingerprint density at radius 3 is 2.05 bits per heavy atom. The van der Waals surface area contributed by atoms with Crippen LogP contribution in [-0.2, 0) is 13.1 Å². The van der Waals surface area contributed by atoms with Crippen molar-refractivity contribution in [3.63, 3.8) is 0 Å². The molecule has 0 spiro atoms. The molecule has 2 rings (SSSR count). The lowest BCUT2D eigenvalue weighted by Crippen LogP contribution is -2.40. The molecule has 2 aromatic heterocycles. The third kappa shape index (κ3) is 5.20. The molecule has 2 aromatic rings. The zero-order chi connectivity index (χ0) is 15.8. The van der Waals surface area contributed by atoms with Crippen LogP contribution in [0, 0.1) is 0 Å². The summed E-state index contributed by atoms with van der Waals surface area (Å²) in [6, 6.07) is 12.6. The average Bonchev–Trinajstić information content (AvgIpc) is 2.56. The van der Waals surface area contributed by atoms with E-state index in [0.29, 0.717) is 6.04 Å². The van der Waals surface area contributed by atoms with Gasteiger partial charge in [0, 0.05) is 38.1 Å². The molecule has 0 bridgehead atoms. The van der Waals surface area contributed by atoms with Gasteiger partial charge in [-0.3, -0.25) is 19.8 Å². The van der Waals surface area contributed by atoms with E-state index in [1.165, 1.54) is 0 Å². The maximum absolute atomic E-state index is 4.42. The summed E-state index contributed by atoms with van der Waals surface area (Å²) in [4.78, 5) is 13.6. The van der Waals surface area contributed by atoms with Crippen molar-refractivity contribution in [3.8, 4) is 0 Å². The largest absolute Gasteiger partial charge is 0.297 e. The highest BCUT2D eigenvalue weighted by Crippen LogP contribution is 2.07. The van der Waals surface area contributed by atoms with Gasteiger partial charge in [-0.25, -0.2) is 0 Å². The molecular formula is C18H26N4. The second kappa shape index (κ2) is 8.61.